The zero-order valence-electron chi connectivity index (χ0n) is 30.7. The van der Waals surface area contributed by atoms with E-state index >= 15 is 0 Å². The molecule has 0 aliphatic heterocycles. The van der Waals surface area contributed by atoms with E-state index in [2.05, 4.69) is 94.9 Å². The molecule has 0 spiro atoms. The number of anilines is 3. The Bertz CT molecular complexity index is 1960. The monoisotopic (exact) mass is 873 g/mol. The summed E-state index contributed by atoms with van der Waals surface area (Å²) >= 11 is 7.19. The second kappa shape index (κ2) is 22.8. The molecule has 5 rings (SSSR count). The molecule has 11 heteroatoms. The number of carbonyl (C=O) groups excluding carboxylic acids is 2. The molecular weight excluding hydrogens is 829 g/mol. The van der Waals surface area contributed by atoms with Crippen molar-refractivity contribution in [2.45, 2.75) is 39.3 Å². The molecule has 0 saturated carbocycles. The highest BCUT2D eigenvalue weighted by Crippen LogP contribution is 2.13. The molecule has 0 atom stereocenters. The summed E-state index contributed by atoms with van der Waals surface area (Å²) in [4.78, 5) is 21.9. The first-order valence-electron chi connectivity index (χ1n) is 16.5. The minimum Gasteiger partial charge on any atom is -0.415 e. The summed E-state index contributed by atoms with van der Waals surface area (Å²) < 4.78 is 10.9. The quantitative estimate of drug-likeness (QED) is 0.0547. The lowest BCUT2D eigenvalue weighted by Gasteiger charge is -2.06. The van der Waals surface area contributed by atoms with E-state index in [1.807, 2.05) is 97.1 Å². The summed E-state index contributed by atoms with van der Waals surface area (Å²) in [5, 5.41) is 2.69. The Morgan fingerprint density at radius 1 is 0.585 bits per heavy atom. The summed E-state index contributed by atoms with van der Waals surface area (Å²) in [6.45, 7) is 13.3. The average molecular weight is 874 g/mol. The number of nitrogens with two attached hydrogens (primary N) is 2. The minimum atomic E-state index is -1.37. The van der Waals surface area contributed by atoms with E-state index in [1.165, 1.54) is 3.57 Å². The normalized spacial score (nSPS) is 9.89. The van der Waals surface area contributed by atoms with Gasteiger partial charge in [-0.3, -0.25) is 5.32 Å². The number of hydrogen-bond acceptors (Lipinski definition) is 6. The fraction of sp³-hybridized carbons (Fsp3) is 0.143. The Hall–Kier alpha value is -4.99. The van der Waals surface area contributed by atoms with Crippen molar-refractivity contribution in [1.82, 2.24) is 0 Å². The third-order valence-corrected chi connectivity index (χ3v) is 8.52. The van der Waals surface area contributed by atoms with Crippen molar-refractivity contribution < 1.29 is 19.1 Å². The van der Waals surface area contributed by atoms with Gasteiger partial charge in [0.25, 0.3) is 0 Å². The Kier molecular flexibility index (Phi) is 19.0. The summed E-state index contributed by atoms with van der Waals surface area (Å²) in [5.41, 5.74) is 21.1. The molecule has 0 radical (unpaired) electrons. The van der Waals surface area contributed by atoms with Gasteiger partial charge >= 0.3 is 11.5 Å². The number of rotatable bonds is 3. The van der Waals surface area contributed by atoms with Crippen molar-refractivity contribution in [1.29, 1.82) is 0 Å². The summed E-state index contributed by atoms with van der Waals surface area (Å²) in [6.07, 6.45) is -0.507. The number of nitrogens with one attached hydrogen (secondary N) is 1. The lowest BCUT2D eigenvalue weighted by molar-refractivity contribution is 0.215. The number of benzene rings is 5. The van der Waals surface area contributed by atoms with Gasteiger partial charge < -0.3 is 20.9 Å². The largest absolute Gasteiger partial charge is 0.417 e. The molecular formula is C42H45ClIN3O4Si2. The van der Waals surface area contributed by atoms with Crippen LogP contribution in [0.5, 0.6) is 11.5 Å². The van der Waals surface area contributed by atoms with Gasteiger partial charge in [-0.1, -0.05) is 87.5 Å². The fourth-order valence-corrected chi connectivity index (χ4v) is 4.99. The average Bonchev–Trinajstić information content (AvgIpc) is 3.10. The van der Waals surface area contributed by atoms with Gasteiger partial charge in [0.2, 0.25) is 0 Å². The van der Waals surface area contributed by atoms with Crippen LogP contribution in [0.3, 0.4) is 0 Å². The van der Waals surface area contributed by atoms with Gasteiger partial charge in [-0.05, 0) is 120 Å². The second-order valence-electron chi connectivity index (χ2n) is 13.2. The van der Waals surface area contributed by atoms with Crippen LogP contribution < -0.4 is 26.3 Å². The van der Waals surface area contributed by atoms with Crippen LogP contribution in [-0.4, -0.2) is 27.7 Å². The van der Waals surface area contributed by atoms with Crippen LogP contribution in [0, 0.1) is 26.5 Å². The predicted octanol–water partition coefficient (Wildman–Crippen LogP) is 11.3. The molecule has 5 aromatic carbocycles. The van der Waals surface area contributed by atoms with E-state index in [-0.39, 0.29) is 0 Å². The van der Waals surface area contributed by atoms with Gasteiger partial charge in [0.1, 0.15) is 27.6 Å². The number of halogens is 2. The van der Waals surface area contributed by atoms with E-state index in [4.69, 9.17) is 27.8 Å². The number of ether oxygens (including phenoxy) is 2. The van der Waals surface area contributed by atoms with E-state index < -0.39 is 27.7 Å². The summed E-state index contributed by atoms with van der Waals surface area (Å²) in [5.74, 6) is 7.31. The predicted molar refractivity (Wildman–Crippen MR) is 236 cm³/mol. The van der Waals surface area contributed by atoms with E-state index in [9.17, 15) is 9.59 Å². The molecule has 1 amide bonds. The summed E-state index contributed by atoms with van der Waals surface area (Å²) in [6, 6.07) is 40.5. The molecule has 0 fully saturated rings. The molecule has 0 aliphatic carbocycles. The maximum atomic E-state index is 11.8. The third-order valence-electron chi connectivity index (χ3n) is 5.97. The zero-order chi connectivity index (χ0) is 39.3. The number of carbonyl (C=O) groups is 2. The number of hydrogen-bond donors (Lipinski definition) is 3. The van der Waals surface area contributed by atoms with E-state index in [0.717, 1.165) is 22.5 Å². The minimum absolute atomic E-state index is 0.461. The van der Waals surface area contributed by atoms with Gasteiger partial charge in [-0.15, -0.1) is 11.1 Å². The van der Waals surface area contributed by atoms with E-state index in [1.54, 1.807) is 36.4 Å². The zero-order valence-corrected chi connectivity index (χ0v) is 35.7. The van der Waals surface area contributed by atoms with Crippen LogP contribution >= 0.6 is 34.2 Å². The first kappa shape index (κ1) is 44.2. The highest BCUT2D eigenvalue weighted by atomic mass is 127. The maximum absolute atomic E-state index is 11.8. The Labute approximate surface area is 334 Å². The third kappa shape index (κ3) is 22.5. The molecule has 53 heavy (non-hydrogen) atoms. The summed E-state index contributed by atoms with van der Waals surface area (Å²) in [7, 11) is -2.62. The van der Waals surface area contributed by atoms with Gasteiger partial charge in [-0.25, -0.2) is 9.59 Å². The van der Waals surface area contributed by atoms with Crippen molar-refractivity contribution in [2.24, 2.45) is 0 Å². The lowest BCUT2D eigenvalue weighted by atomic mass is 10.2. The molecule has 0 saturated heterocycles. The molecule has 5 aromatic rings. The Morgan fingerprint density at radius 2 is 0.962 bits per heavy atom. The van der Waals surface area contributed by atoms with Crippen molar-refractivity contribution in [3.05, 3.63) is 148 Å². The molecule has 0 aromatic heterocycles. The second-order valence-corrected chi connectivity index (χ2v) is 24.3. The van der Waals surface area contributed by atoms with Crippen LogP contribution in [-0.2, 0) is 0 Å². The van der Waals surface area contributed by atoms with Crippen LogP contribution in [0.2, 0.25) is 39.3 Å². The number of nitrogen functional groups attached to an aromatic ring is 2. The molecule has 274 valence electrons. The van der Waals surface area contributed by atoms with Gasteiger partial charge in [0, 0.05) is 43.4 Å². The van der Waals surface area contributed by atoms with Crippen LogP contribution in [0.15, 0.2) is 133 Å². The molecule has 0 bridgehead atoms. The van der Waals surface area contributed by atoms with Crippen molar-refractivity contribution in [3.63, 3.8) is 0 Å². The highest BCUT2D eigenvalue weighted by Gasteiger charge is 2.08. The van der Waals surface area contributed by atoms with Crippen LogP contribution in [0.4, 0.5) is 26.7 Å². The van der Waals surface area contributed by atoms with Crippen molar-refractivity contribution in [2.75, 3.05) is 16.8 Å². The Balaban J connectivity index is 0.000000266. The Morgan fingerprint density at radius 3 is 1.34 bits per heavy atom. The smallest absolute Gasteiger partial charge is 0.415 e. The van der Waals surface area contributed by atoms with Crippen molar-refractivity contribution in [3.8, 4) is 34.4 Å². The van der Waals surface area contributed by atoms with Gasteiger partial charge in [0.15, 0.2) is 0 Å². The van der Waals surface area contributed by atoms with Crippen molar-refractivity contribution >= 4 is 78.9 Å². The molecule has 0 unspecified atom stereocenters. The van der Waals surface area contributed by atoms with E-state index in [0.29, 0.717) is 17.2 Å². The lowest BCUT2D eigenvalue weighted by Crippen LogP contribution is -2.16. The SMILES string of the molecule is C[Si](C)(C)C#Cc1ccc(N)cc1.C[Si](C)(C)C#Cc1ccc(NC(=O)Oc2ccccc2)cc1.Nc1ccc(I)cc1.O=C(Cl)Oc1ccccc1. The topological polar surface area (TPSA) is 117 Å². The standard InChI is InChI=1S/C18H19NO2Si.C11H15NSi.C7H5ClO2.C6H6IN/c1-22(2,3)14-13-15-9-11-16(12-10-15)19-18(20)21-17-7-5-4-6-8-17;1-13(2,3)9-8-10-4-6-11(12)7-5-10;8-7(9)10-6-4-2-1-3-5-6;7-5-1-3-6(8)4-2-5/h4-12H,1-3H3,(H,19,20);4-7H,12H2,1-3H3;1-5H;1-4H,8H2. The van der Waals surface area contributed by atoms with Crippen LogP contribution in [0.25, 0.3) is 0 Å². The molecule has 7 nitrogen and oxygen atoms in total. The fourth-order valence-electron chi connectivity index (χ4n) is 3.51. The maximum Gasteiger partial charge on any atom is 0.417 e. The molecule has 0 heterocycles. The van der Waals surface area contributed by atoms with Gasteiger partial charge in [-0.2, -0.15) is 0 Å². The first-order chi connectivity index (χ1) is 25.0. The molecule has 5 N–H and O–H groups in total. The number of amides is 1. The first-order valence-corrected chi connectivity index (χ1v) is 24.9. The van der Waals surface area contributed by atoms with Gasteiger partial charge in [0.05, 0.1) is 0 Å². The number of para-hydroxylation sites is 2. The molecule has 0 aliphatic rings. The highest BCUT2D eigenvalue weighted by molar-refractivity contribution is 14.1. The van der Waals surface area contributed by atoms with Crippen LogP contribution in [0.1, 0.15) is 11.1 Å².